The van der Waals surface area contributed by atoms with E-state index in [0.717, 1.165) is 17.1 Å². The molecule has 0 amide bonds. The molecule has 0 radical (unpaired) electrons. The molecule has 1 aromatic carbocycles. The predicted molar refractivity (Wildman–Crippen MR) is 97.2 cm³/mol. The molecule has 3 rings (SSSR count). The Morgan fingerprint density at radius 3 is 2.35 bits per heavy atom. The molecule has 2 heterocycles. The molecule has 3 aromatic rings. The van der Waals surface area contributed by atoms with Crippen LogP contribution in [0.4, 0.5) is 5.69 Å². The zero-order chi connectivity index (χ0) is 18.5. The van der Waals surface area contributed by atoms with E-state index in [1.165, 1.54) is 0 Å². The lowest BCUT2D eigenvalue weighted by atomic mass is 10.0. The molecule has 0 aliphatic carbocycles. The Labute approximate surface area is 151 Å². The first-order chi connectivity index (χ1) is 12.6. The molecule has 1 atom stereocenters. The van der Waals surface area contributed by atoms with Crippen molar-refractivity contribution in [3.63, 3.8) is 0 Å². The molecule has 0 aliphatic rings. The van der Waals surface area contributed by atoms with Gasteiger partial charge in [-0.05, 0) is 29.8 Å². The normalized spacial score (nSPS) is 11.5. The van der Waals surface area contributed by atoms with Crippen molar-refractivity contribution in [1.29, 1.82) is 5.26 Å². The van der Waals surface area contributed by atoms with Gasteiger partial charge in [-0.3, -0.25) is 0 Å². The van der Waals surface area contributed by atoms with Crippen LogP contribution in [0.1, 0.15) is 23.1 Å². The number of benzene rings is 1. The van der Waals surface area contributed by atoms with E-state index in [1.54, 1.807) is 32.7 Å². The van der Waals surface area contributed by atoms with Crippen LogP contribution in [0.2, 0.25) is 0 Å². The van der Waals surface area contributed by atoms with Gasteiger partial charge in [-0.2, -0.15) is 5.26 Å². The van der Waals surface area contributed by atoms with E-state index >= 15 is 0 Å². The van der Waals surface area contributed by atoms with Crippen LogP contribution in [0.15, 0.2) is 48.9 Å². The smallest absolute Gasteiger partial charge is 0.140 e. The minimum atomic E-state index is -0.256. The lowest BCUT2D eigenvalue weighted by molar-refractivity contribution is 0.393. The van der Waals surface area contributed by atoms with Crippen molar-refractivity contribution < 1.29 is 9.47 Å². The van der Waals surface area contributed by atoms with Crippen LogP contribution in [0.25, 0.3) is 0 Å². The van der Waals surface area contributed by atoms with Crippen molar-refractivity contribution in [2.45, 2.75) is 6.04 Å². The Hall–Kier alpha value is -3.53. The number of aryl methyl sites for hydroxylation is 1. The molecular formula is C19H19N5O2. The summed E-state index contributed by atoms with van der Waals surface area (Å²) in [6, 6.07) is 10.9. The van der Waals surface area contributed by atoms with Gasteiger partial charge >= 0.3 is 0 Å². The van der Waals surface area contributed by atoms with Gasteiger partial charge in [-0.25, -0.2) is 9.97 Å². The van der Waals surface area contributed by atoms with Crippen LogP contribution in [-0.2, 0) is 7.05 Å². The Kier molecular flexibility index (Phi) is 5.04. The van der Waals surface area contributed by atoms with Crippen molar-refractivity contribution >= 4 is 5.69 Å². The van der Waals surface area contributed by atoms with E-state index in [9.17, 15) is 0 Å². The third kappa shape index (κ3) is 3.59. The van der Waals surface area contributed by atoms with Gasteiger partial charge in [0.05, 0.1) is 26.1 Å². The number of pyridine rings is 1. The van der Waals surface area contributed by atoms with E-state index in [-0.39, 0.29) is 6.04 Å². The molecular weight excluding hydrogens is 330 g/mol. The fourth-order valence-corrected chi connectivity index (χ4v) is 2.66. The zero-order valence-corrected chi connectivity index (χ0v) is 14.8. The van der Waals surface area contributed by atoms with Crippen LogP contribution in [0, 0.1) is 11.3 Å². The second-order valence-corrected chi connectivity index (χ2v) is 5.66. The number of methoxy groups -OCH3 is 2. The second kappa shape index (κ2) is 7.57. The molecule has 0 fully saturated rings. The van der Waals surface area contributed by atoms with Gasteiger partial charge in [-0.1, -0.05) is 0 Å². The van der Waals surface area contributed by atoms with Crippen molar-refractivity contribution in [2.24, 2.45) is 7.05 Å². The molecule has 0 unspecified atom stereocenters. The van der Waals surface area contributed by atoms with Crippen molar-refractivity contribution in [3.8, 4) is 17.6 Å². The number of hydrogen-bond donors (Lipinski definition) is 1. The van der Waals surface area contributed by atoms with E-state index in [0.29, 0.717) is 17.2 Å². The molecule has 0 bridgehead atoms. The van der Waals surface area contributed by atoms with Gasteiger partial charge in [0.2, 0.25) is 0 Å². The summed E-state index contributed by atoms with van der Waals surface area (Å²) in [7, 11) is 5.17. The van der Waals surface area contributed by atoms with Gasteiger partial charge < -0.3 is 19.4 Å². The summed E-state index contributed by atoms with van der Waals surface area (Å²) < 4.78 is 12.7. The summed E-state index contributed by atoms with van der Waals surface area (Å²) in [5, 5.41) is 12.3. The van der Waals surface area contributed by atoms with E-state index in [4.69, 9.17) is 14.7 Å². The number of anilines is 1. The number of nitriles is 1. The van der Waals surface area contributed by atoms with Gasteiger partial charge in [0.25, 0.3) is 0 Å². The maximum atomic E-state index is 8.92. The Bertz CT molecular complexity index is 906. The fourth-order valence-electron chi connectivity index (χ4n) is 2.66. The summed E-state index contributed by atoms with van der Waals surface area (Å²) in [4.78, 5) is 8.59. The average Bonchev–Trinajstić information content (AvgIpc) is 3.11. The van der Waals surface area contributed by atoms with Gasteiger partial charge in [-0.15, -0.1) is 0 Å². The minimum Gasteiger partial charge on any atom is -0.497 e. The summed E-state index contributed by atoms with van der Waals surface area (Å²) in [5.74, 6) is 2.21. The number of nitrogens with one attached hydrogen (secondary N) is 1. The predicted octanol–water partition coefficient (Wildman–Crippen LogP) is 2.91. The summed E-state index contributed by atoms with van der Waals surface area (Å²) in [6.07, 6.45) is 5.27. The highest BCUT2D eigenvalue weighted by Crippen LogP contribution is 2.31. The third-order valence-corrected chi connectivity index (χ3v) is 4.01. The molecule has 132 valence electrons. The second-order valence-electron chi connectivity index (χ2n) is 5.66. The van der Waals surface area contributed by atoms with Gasteiger partial charge in [0, 0.05) is 25.5 Å². The Morgan fingerprint density at radius 1 is 1.12 bits per heavy atom. The quantitative estimate of drug-likeness (QED) is 0.736. The number of aromatic nitrogens is 3. The first kappa shape index (κ1) is 17.3. The Morgan fingerprint density at radius 2 is 1.85 bits per heavy atom. The largest absolute Gasteiger partial charge is 0.497 e. The summed E-state index contributed by atoms with van der Waals surface area (Å²) >= 11 is 0. The minimum absolute atomic E-state index is 0.256. The molecule has 7 heteroatoms. The first-order valence-electron chi connectivity index (χ1n) is 7.97. The van der Waals surface area contributed by atoms with Crippen molar-refractivity contribution in [1.82, 2.24) is 14.5 Å². The number of hydrogen-bond acceptors (Lipinski definition) is 6. The highest BCUT2D eigenvalue weighted by atomic mass is 16.5. The first-order valence-corrected chi connectivity index (χ1v) is 7.97. The molecule has 2 aromatic heterocycles. The average molecular weight is 349 g/mol. The van der Waals surface area contributed by atoms with Crippen LogP contribution in [0.3, 0.4) is 0 Å². The molecule has 7 nitrogen and oxygen atoms in total. The zero-order valence-electron chi connectivity index (χ0n) is 14.8. The van der Waals surface area contributed by atoms with Crippen LogP contribution in [-0.4, -0.2) is 28.8 Å². The summed E-state index contributed by atoms with van der Waals surface area (Å²) in [5.41, 5.74) is 2.07. The Balaban J connectivity index is 2.04. The van der Waals surface area contributed by atoms with Crippen LogP contribution in [0.5, 0.6) is 11.5 Å². The maximum Gasteiger partial charge on any atom is 0.140 e. The van der Waals surface area contributed by atoms with E-state index < -0.39 is 0 Å². The summed E-state index contributed by atoms with van der Waals surface area (Å²) in [6.45, 7) is 0. The van der Waals surface area contributed by atoms with Crippen LogP contribution >= 0.6 is 0 Å². The lowest BCUT2D eigenvalue weighted by Crippen LogP contribution is -2.17. The highest BCUT2D eigenvalue weighted by Gasteiger charge is 2.20. The number of imidazole rings is 1. The molecule has 0 saturated heterocycles. The molecule has 0 spiro atoms. The topological polar surface area (TPSA) is 85.0 Å². The van der Waals surface area contributed by atoms with Gasteiger partial charge in [0.15, 0.2) is 0 Å². The highest BCUT2D eigenvalue weighted by molar-refractivity contribution is 5.50. The van der Waals surface area contributed by atoms with Crippen molar-refractivity contribution in [3.05, 3.63) is 66.0 Å². The maximum absolute atomic E-state index is 8.92. The third-order valence-electron chi connectivity index (χ3n) is 4.01. The van der Waals surface area contributed by atoms with Gasteiger partial charge in [0.1, 0.15) is 35.1 Å². The number of ether oxygens (including phenoxy) is 2. The molecule has 1 N–H and O–H groups in total. The van der Waals surface area contributed by atoms with Crippen molar-refractivity contribution in [2.75, 3.05) is 19.5 Å². The molecule has 0 aliphatic heterocycles. The number of rotatable bonds is 6. The van der Waals surface area contributed by atoms with E-state index in [1.807, 2.05) is 48.1 Å². The molecule has 26 heavy (non-hydrogen) atoms. The standard InChI is InChI=1S/C19H19N5O2/c1-24-7-6-21-19(24)18(23-15-5-4-14(11-20)22-12-15)13-8-16(25-2)10-17(9-13)26-3/h4-10,12,18,23H,1-3H3/t18-/m1/s1. The van der Waals surface area contributed by atoms with Crippen LogP contribution < -0.4 is 14.8 Å². The number of nitrogens with zero attached hydrogens (tertiary/aromatic N) is 4. The monoisotopic (exact) mass is 349 g/mol. The lowest BCUT2D eigenvalue weighted by Gasteiger charge is -2.21. The SMILES string of the molecule is COc1cc(OC)cc([C@@H](Nc2ccc(C#N)nc2)c2nccn2C)c1. The van der Waals surface area contributed by atoms with E-state index in [2.05, 4.69) is 15.3 Å². The fraction of sp³-hybridized carbons (Fsp3) is 0.211. The molecule has 0 saturated carbocycles.